The Morgan fingerprint density at radius 2 is 2.00 bits per heavy atom. The summed E-state index contributed by atoms with van der Waals surface area (Å²) in [5.74, 6) is 0.432. The summed E-state index contributed by atoms with van der Waals surface area (Å²) >= 11 is 0. The Hall–Kier alpha value is -1.83. The first-order valence-corrected chi connectivity index (χ1v) is 5.80. The summed E-state index contributed by atoms with van der Waals surface area (Å²) in [6, 6.07) is 8.22. The van der Waals surface area contributed by atoms with Crippen molar-refractivity contribution in [3.05, 3.63) is 54.1 Å². The Morgan fingerprint density at radius 3 is 2.53 bits per heavy atom. The number of nitrogens with one attached hydrogen (secondary N) is 1. The Bertz CT molecular complexity index is 401. The van der Waals surface area contributed by atoms with Gasteiger partial charge in [-0.2, -0.15) is 0 Å². The molecule has 0 aromatic heterocycles. The highest BCUT2D eigenvalue weighted by Gasteiger charge is 1.97. The molecule has 1 N–H and O–H groups in total. The van der Waals surface area contributed by atoms with E-state index in [1.807, 2.05) is 18.2 Å². The number of carbonyl (C=O) groups is 1. The van der Waals surface area contributed by atoms with Crippen LogP contribution in [0.25, 0.3) is 6.08 Å². The van der Waals surface area contributed by atoms with Gasteiger partial charge in [0.15, 0.2) is 0 Å². The van der Waals surface area contributed by atoms with Crippen LogP contribution in [0.1, 0.15) is 30.9 Å². The van der Waals surface area contributed by atoms with Gasteiger partial charge < -0.3 is 5.32 Å². The topological polar surface area (TPSA) is 29.1 Å². The SMILES string of the molecule is C=CCNC(=O)/C=C\c1ccc(C(C)C)cc1. The molecule has 1 amide bonds. The van der Waals surface area contributed by atoms with Gasteiger partial charge in [0.25, 0.3) is 0 Å². The second kappa shape index (κ2) is 6.69. The van der Waals surface area contributed by atoms with E-state index in [2.05, 4.69) is 37.9 Å². The van der Waals surface area contributed by atoms with Crippen LogP contribution in [0.3, 0.4) is 0 Å². The number of amides is 1. The molecule has 0 aliphatic rings. The molecule has 2 heteroatoms. The molecule has 0 atom stereocenters. The molecule has 0 heterocycles. The zero-order chi connectivity index (χ0) is 12.7. The van der Waals surface area contributed by atoms with Crippen LogP contribution in [0.2, 0.25) is 0 Å². The molecule has 1 rings (SSSR count). The lowest BCUT2D eigenvalue weighted by Crippen LogP contribution is -2.20. The number of hydrogen-bond donors (Lipinski definition) is 1. The van der Waals surface area contributed by atoms with Gasteiger partial charge in [0.1, 0.15) is 0 Å². The minimum atomic E-state index is -0.0992. The second-order valence-corrected chi connectivity index (χ2v) is 4.19. The summed E-state index contributed by atoms with van der Waals surface area (Å²) in [4.78, 5) is 11.3. The maximum atomic E-state index is 11.3. The van der Waals surface area contributed by atoms with E-state index in [9.17, 15) is 4.79 Å². The fourth-order valence-electron chi connectivity index (χ4n) is 1.40. The van der Waals surface area contributed by atoms with Crippen molar-refractivity contribution in [2.75, 3.05) is 6.54 Å². The summed E-state index contributed by atoms with van der Waals surface area (Å²) in [7, 11) is 0. The van der Waals surface area contributed by atoms with Crippen molar-refractivity contribution in [1.82, 2.24) is 5.32 Å². The van der Waals surface area contributed by atoms with Gasteiger partial charge in [-0.15, -0.1) is 6.58 Å². The molecule has 17 heavy (non-hydrogen) atoms. The minimum Gasteiger partial charge on any atom is -0.349 e. The van der Waals surface area contributed by atoms with Gasteiger partial charge in [0.05, 0.1) is 0 Å². The van der Waals surface area contributed by atoms with Crippen molar-refractivity contribution in [2.24, 2.45) is 0 Å². The fourth-order valence-corrected chi connectivity index (χ4v) is 1.40. The quantitative estimate of drug-likeness (QED) is 0.610. The molecule has 90 valence electrons. The maximum Gasteiger partial charge on any atom is 0.244 e. The highest BCUT2D eigenvalue weighted by molar-refractivity contribution is 5.91. The monoisotopic (exact) mass is 229 g/mol. The van der Waals surface area contributed by atoms with Crippen molar-refractivity contribution < 1.29 is 4.79 Å². The van der Waals surface area contributed by atoms with Crippen LogP contribution in [0, 0.1) is 0 Å². The summed E-state index contributed by atoms with van der Waals surface area (Å²) in [6.45, 7) is 8.35. The third-order valence-corrected chi connectivity index (χ3v) is 2.45. The molecular weight excluding hydrogens is 210 g/mol. The van der Waals surface area contributed by atoms with Crippen LogP contribution in [-0.2, 0) is 4.79 Å². The van der Waals surface area contributed by atoms with E-state index in [-0.39, 0.29) is 5.91 Å². The average Bonchev–Trinajstić information content (AvgIpc) is 2.34. The number of rotatable bonds is 5. The van der Waals surface area contributed by atoms with Crippen molar-refractivity contribution in [3.63, 3.8) is 0 Å². The van der Waals surface area contributed by atoms with Gasteiger partial charge >= 0.3 is 0 Å². The van der Waals surface area contributed by atoms with Gasteiger partial charge in [-0.1, -0.05) is 44.2 Å². The Kier molecular flexibility index (Phi) is 5.21. The fraction of sp³-hybridized carbons (Fsp3) is 0.267. The van der Waals surface area contributed by atoms with E-state index in [0.717, 1.165) is 5.56 Å². The Morgan fingerprint density at radius 1 is 1.35 bits per heavy atom. The first kappa shape index (κ1) is 13.2. The van der Waals surface area contributed by atoms with Crippen molar-refractivity contribution >= 4 is 12.0 Å². The van der Waals surface area contributed by atoms with Crippen LogP contribution in [0.4, 0.5) is 0 Å². The molecule has 1 aromatic rings. The maximum absolute atomic E-state index is 11.3. The van der Waals surface area contributed by atoms with Crippen molar-refractivity contribution in [2.45, 2.75) is 19.8 Å². The summed E-state index contributed by atoms with van der Waals surface area (Å²) in [6.07, 6.45) is 5.00. The first-order valence-electron chi connectivity index (χ1n) is 5.80. The Labute approximate surface area is 103 Å². The Balaban J connectivity index is 2.59. The highest BCUT2D eigenvalue weighted by Crippen LogP contribution is 2.15. The normalized spacial score (nSPS) is 10.8. The van der Waals surface area contributed by atoms with Gasteiger partial charge in [0.2, 0.25) is 5.91 Å². The standard InChI is InChI=1S/C15H19NO/c1-4-11-16-15(17)10-7-13-5-8-14(9-6-13)12(2)3/h4-10,12H,1,11H2,2-3H3,(H,16,17)/b10-7-. The third kappa shape index (κ3) is 4.68. The van der Waals surface area contributed by atoms with Crippen LogP contribution in [0.15, 0.2) is 43.0 Å². The molecule has 0 aliphatic heterocycles. The largest absolute Gasteiger partial charge is 0.349 e. The summed E-state index contributed by atoms with van der Waals surface area (Å²) < 4.78 is 0. The van der Waals surface area contributed by atoms with Crippen LogP contribution < -0.4 is 5.32 Å². The third-order valence-electron chi connectivity index (χ3n) is 2.45. The summed E-state index contributed by atoms with van der Waals surface area (Å²) in [5.41, 5.74) is 2.33. The smallest absolute Gasteiger partial charge is 0.244 e. The molecule has 0 bridgehead atoms. The zero-order valence-electron chi connectivity index (χ0n) is 10.4. The molecule has 0 saturated carbocycles. The van der Waals surface area contributed by atoms with E-state index in [0.29, 0.717) is 12.5 Å². The van der Waals surface area contributed by atoms with E-state index >= 15 is 0 Å². The summed E-state index contributed by atoms with van der Waals surface area (Å²) in [5, 5.41) is 2.69. The van der Waals surface area contributed by atoms with Crippen LogP contribution in [0.5, 0.6) is 0 Å². The van der Waals surface area contributed by atoms with Gasteiger partial charge in [0, 0.05) is 12.6 Å². The van der Waals surface area contributed by atoms with Gasteiger partial charge in [-0.25, -0.2) is 0 Å². The molecule has 0 aliphatic carbocycles. The molecular formula is C15H19NO. The number of hydrogen-bond acceptors (Lipinski definition) is 1. The minimum absolute atomic E-state index is 0.0992. The molecule has 2 nitrogen and oxygen atoms in total. The molecule has 0 fully saturated rings. The van der Waals surface area contributed by atoms with E-state index in [4.69, 9.17) is 0 Å². The molecule has 0 unspecified atom stereocenters. The number of benzene rings is 1. The van der Waals surface area contributed by atoms with E-state index in [1.54, 1.807) is 6.08 Å². The molecule has 0 radical (unpaired) electrons. The van der Waals surface area contributed by atoms with Gasteiger partial charge in [-0.3, -0.25) is 4.79 Å². The van der Waals surface area contributed by atoms with Gasteiger partial charge in [-0.05, 0) is 23.1 Å². The van der Waals surface area contributed by atoms with E-state index in [1.165, 1.54) is 11.6 Å². The first-order chi connectivity index (χ1) is 8.13. The predicted octanol–water partition coefficient (Wildman–Crippen LogP) is 3.13. The average molecular weight is 229 g/mol. The van der Waals surface area contributed by atoms with Crippen LogP contribution in [-0.4, -0.2) is 12.5 Å². The van der Waals surface area contributed by atoms with Crippen LogP contribution >= 0.6 is 0 Å². The lowest BCUT2D eigenvalue weighted by atomic mass is 10.0. The zero-order valence-corrected chi connectivity index (χ0v) is 10.4. The van der Waals surface area contributed by atoms with Crippen molar-refractivity contribution in [3.8, 4) is 0 Å². The second-order valence-electron chi connectivity index (χ2n) is 4.19. The van der Waals surface area contributed by atoms with Crippen molar-refractivity contribution in [1.29, 1.82) is 0 Å². The van der Waals surface area contributed by atoms with E-state index < -0.39 is 0 Å². The molecule has 0 spiro atoms. The number of carbonyl (C=O) groups excluding carboxylic acids is 1. The lowest BCUT2D eigenvalue weighted by Gasteiger charge is -2.04. The lowest BCUT2D eigenvalue weighted by molar-refractivity contribution is -0.116. The molecule has 1 aromatic carbocycles. The highest BCUT2D eigenvalue weighted by atomic mass is 16.1. The predicted molar refractivity (Wildman–Crippen MR) is 72.8 cm³/mol. The molecule has 0 saturated heterocycles.